The summed E-state index contributed by atoms with van der Waals surface area (Å²) in [6.45, 7) is 1.81. The molecule has 0 bridgehead atoms. The Morgan fingerprint density at radius 3 is 2.50 bits per heavy atom. The van der Waals surface area contributed by atoms with Gasteiger partial charge in [0.2, 0.25) is 0 Å². The summed E-state index contributed by atoms with van der Waals surface area (Å²) >= 11 is 0. The number of benzene rings is 3. The summed E-state index contributed by atoms with van der Waals surface area (Å²) in [5.41, 5.74) is 2.51. The van der Waals surface area contributed by atoms with Crippen molar-refractivity contribution in [3.63, 3.8) is 0 Å². The number of ether oxygens (including phenoxy) is 1. The number of nitro benzene ring substituents is 1. The molecule has 0 fully saturated rings. The third-order valence-electron chi connectivity index (χ3n) is 4.95. The number of hydrogen-bond donors (Lipinski definition) is 2. The number of rotatable bonds is 7. The molecule has 3 aromatic carbocycles. The van der Waals surface area contributed by atoms with Crippen LogP contribution in [-0.2, 0) is 0 Å². The number of aryl methyl sites for hydroxylation is 1. The van der Waals surface area contributed by atoms with Crippen molar-refractivity contribution < 1.29 is 14.5 Å². The summed E-state index contributed by atoms with van der Waals surface area (Å²) < 4.78 is 5.03. The van der Waals surface area contributed by atoms with Crippen molar-refractivity contribution in [3.05, 3.63) is 100 Å². The van der Waals surface area contributed by atoms with Gasteiger partial charge in [-0.1, -0.05) is 36.4 Å². The molecule has 0 atom stereocenters. The van der Waals surface area contributed by atoms with E-state index in [2.05, 4.69) is 20.6 Å². The van der Waals surface area contributed by atoms with Gasteiger partial charge in [-0.05, 0) is 37.3 Å². The van der Waals surface area contributed by atoms with Gasteiger partial charge in [0.05, 0.1) is 23.8 Å². The molecule has 4 rings (SSSR count). The van der Waals surface area contributed by atoms with E-state index in [4.69, 9.17) is 4.74 Å². The van der Waals surface area contributed by atoms with Gasteiger partial charge < -0.3 is 15.4 Å². The zero-order valence-electron chi connectivity index (χ0n) is 18.5. The molecule has 0 unspecified atom stereocenters. The number of anilines is 3. The van der Waals surface area contributed by atoms with Crippen molar-refractivity contribution in [1.82, 2.24) is 9.97 Å². The smallest absolute Gasteiger partial charge is 0.296 e. The zero-order chi connectivity index (χ0) is 24.1. The highest BCUT2D eigenvalue weighted by Gasteiger charge is 2.18. The number of methoxy groups -OCH3 is 1. The molecule has 1 heterocycles. The van der Waals surface area contributed by atoms with Crippen LogP contribution >= 0.6 is 0 Å². The van der Waals surface area contributed by atoms with Crippen molar-refractivity contribution >= 4 is 28.8 Å². The molecule has 0 aliphatic rings. The summed E-state index contributed by atoms with van der Waals surface area (Å²) in [6, 6.07) is 22.6. The Morgan fingerprint density at radius 2 is 1.76 bits per heavy atom. The van der Waals surface area contributed by atoms with Gasteiger partial charge in [0.25, 0.3) is 11.6 Å². The van der Waals surface area contributed by atoms with Gasteiger partial charge in [-0.3, -0.25) is 14.9 Å². The van der Waals surface area contributed by atoms with Gasteiger partial charge in [-0.25, -0.2) is 9.97 Å². The van der Waals surface area contributed by atoms with E-state index in [0.29, 0.717) is 28.6 Å². The molecule has 0 aliphatic heterocycles. The fourth-order valence-electron chi connectivity index (χ4n) is 3.36. The van der Waals surface area contributed by atoms with Crippen molar-refractivity contribution in [2.75, 3.05) is 17.7 Å². The highest BCUT2D eigenvalue weighted by molar-refractivity contribution is 6.06. The Bertz CT molecular complexity index is 1360. The molecule has 9 heteroatoms. The monoisotopic (exact) mass is 455 g/mol. The van der Waals surface area contributed by atoms with Gasteiger partial charge >= 0.3 is 0 Å². The summed E-state index contributed by atoms with van der Waals surface area (Å²) in [4.78, 5) is 32.6. The number of aromatic nitrogens is 2. The van der Waals surface area contributed by atoms with E-state index in [-0.39, 0.29) is 11.4 Å². The molecule has 2 N–H and O–H groups in total. The van der Waals surface area contributed by atoms with Crippen LogP contribution in [0.4, 0.5) is 22.9 Å². The molecule has 0 saturated carbocycles. The van der Waals surface area contributed by atoms with E-state index >= 15 is 0 Å². The van der Waals surface area contributed by atoms with Gasteiger partial charge in [0, 0.05) is 22.9 Å². The molecule has 170 valence electrons. The Kier molecular flexibility index (Phi) is 6.45. The van der Waals surface area contributed by atoms with Crippen LogP contribution in [0.1, 0.15) is 16.2 Å². The van der Waals surface area contributed by atoms with Crippen molar-refractivity contribution in [2.45, 2.75) is 6.92 Å². The lowest BCUT2D eigenvalue weighted by Gasteiger charge is -2.11. The van der Waals surface area contributed by atoms with Gasteiger partial charge in [0.15, 0.2) is 0 Å². The fraction of sp³-hybridized carbons (Fsp3) is 0.0800. The Balaban J connectivity index is 1.56. The molecule has 0 spiro atoms. The van der Waals surface area contributed by atoms with Crippen molar-refractivity contribution in [1.29, 1.82) is 0 Å². The third-order valence-corrected chi connectivity index (χ3v) is 4.95. The quantitative estimate of drug-likeness (QED) is 0.284. The van der Waals surface area contributed by atoms with Crippen LogP contribution in [0.3, 0.4) is 0 Å². The topological polar surface area (TPSA) is 119 Å². The predicted molar refractivity (Wildman–Crippen MR) is 130 cm³/mol. The maximum atomic E-state index is 12.8. The second-order valence-electron chi connectivity index (χ2n) is 7.35. The summed E-state index contributed by atoms with van der Waals surface area (Å²) in [5.74, 6) is 1.02. The van der Waals surface area contributed by atoms with Crippen LogP contribution < -0.4 is 15.4 Å². The largest absolute Gasteiger partial charge is 0.496 e. The van der Waals surface area contributed by atoms with E-state index in [1.54, 1.807) is 30.3 Å². The molecular weight excluding hydrogens is 434 g/mol. The minimum absolute atomic E-state index is 0.0769. The van der Waals surface area contributed by atoms with Gasteiger partial charge in [-0.2, -0.15) is 0 Å². The second-order valence-corrected chi connectivity index (χ2v) is 7.35. The first-order valence-corrected chi connectivity index (χ1v) is 10.3. The Labute approximate surface area is 195 Å². The molecule has 0 aliphatic carbocycles. The fourth-order valence-corrected chi connectivity index (χ4v) is 3.36. The first-order chi connectivity index (χ1) is 16.4. The molecule has 9 nitrogen and oxygen atoms in total. The van der Waals surface area contributed by atoms with Crippen LogP contribution in [0.15, 0.2) is 78.9 Å². The van der Waals surface area contributed by atoms with Crippen LogP contribution in [0.2, 0.25) is 0 Å². The number of nitrogens with zero attached hydrogens (tertiary/aromatic N) is 3. The summed E-state index contributed by atoms with van der Waals surface area (Å²) in [5, 5.41) is 17.2. The maximum Gasteiger partial charge on any atom is 0.296 e. The summed E-state index contributed by atoms with van der Waals surface area (Å²) in [7, 11) is 1.41. The van der Waals surface area contributed by atoms with E-state index in [0.717, 1.165) is 11.3 Å². The van der Waals surface area contributed by atoms with Crippen molar-refractivity contribution in [3.8, 4) is 17.0 Å². The highest BCUT2D eigenvalue weighted by atomic mass is 16.6. The number of carbonyl (C=O) groups is 1. The van der Waals surface area contributed by atoms with E-state index in [1.165, 1.54) is 19.2 Å². The first kappa shape index (κ1) is 22.4. The van der Waals surface area contributed by atoms with Crippen LogP contribution in [0.5, 0.6) is 5.75 Å². The number of carbonyl (C=O) groups excluding carboxylic acids is 1. The number of nitro groups is 1. The van der Waals surface area contributed by atoms with Crippen molar-refractivity contribution in [2.24, 2.45) is 0 Å². The first-order valence-electron chi connectivity index (χ1n) is 10.3. The molecule has 0 saturated heterocycles. The molecule has 0 radical (unpaired) electrons. The zero-order valence-corrected chi connectivity index (χ0v) is 18.5. The normalized spacial score (nSPS) is 10.4. The highest BCUT2D eigenvalue weighted by Crippen LogP contribution is 2.29. The van der Waals surface area contributed by atoms with Gasteiger partial charge in [-0.15, -0.1) is 0 Å². The lowest BCUT2D eigenvalue weighted by Crippen LogP contribution is -2.13. The maximum absolute atomic E-state index is 12.8. The molecular formula is C25H21N5O4. The number of nitrogens with one attached hydrogen (secondary N) is 2. The van der Waals surface area contributed by atoms with E-state index < -0.39 is 10.8 Å². The van der Waals surface area contributed by atoms with E-state index in [1.807, 2.05) is 43.3 Å². The average Bonchev–Trinajstić information content (AvgIpc) is 2.84. The molecule has 34 heavy (non-hydrogen) atoms. The number of amides is 1. The predicted octanol–water partition coefficient (Wildman–Crippen LogP) is 5.36. The lowest BCUT2D eigenvalue weighted by atomic mass is 10.1. The average molecular weight is 455 g/mol. The van der Waals surface area contributed by atoms with Gasteiger partial charge in [0.1, 0.15) is 23.1 Å². The Hall–Kier alpha value is -4.79. The standard InChI is InChI=1S/C25H21N5O4/c1-16-26-22(17-7-4-3-5-8-17)15-24(27-16)28-19-10-6-9-18(13-19)25(31)29-21-12-11-20(34-2)14-23(21)30(32)33/h3-15H,1-2H3,(H,29,31)(H,26,27,28). The minimum Gasteiger partial charge on any atom is -0.496 e. The number of hydrogen-bond acceptors (Lipinski definition) is 7. The van der Waals surface area contributed by atoms with Crippen LogP contribution in [0.25, 0.3) is 11.3 Å². The SMILES string of the molecule is COc1ccc(NC(=O)c2cccc(Nc3cc(-c4ccccc4)nc(C)n3)c2)c([N+](=O)[O-])c1. The van der Waals surface area contributed by atoms with Crippen LogP contribution in [0, 0.1) is 17.0 Å². The molecule has 4 aromatic rings. The van der Waals surface area contributed by atoms with E-state index in [9.17, 15) is 14.9 Å². The molecule has 1 amide bonds. The Morgan fingerprint density at radius 1 is 0.971 bits per heavy atom. The summed E-state index contributed by atoms with van der Waals surface area (Å²) in [6.07, 6.45) is 0. The lowest BCUT2D eigenvalue weighted by molar-refractivity contribution is -0.384. The van der Waals surface area contributed by atoms with Crippen LogP contribution in [-0.4, -0.2) is 27.9 Å². The third kappa shape index (κ3) is 5.16. The minimum atomic E-state index is -0.572. The molecule has 1 aromatic heterocycles. The second kappa shape index (κ2) is 9.78.